The van der Waals surface area contributed by atoms with Gasteiger partial charge in [-0.3, -0.25) is 4.79 Å². The van der Waals surface area contributed by atoms with Gasteiger partial charge < -0.3 is 10.1 Å². The molecule has 0 rings (SSSR count). The highest BCUT2D eigenvalue weighted by Crippen LogP contribution is 2.02. The first-order valence-corrected chi connectivity index (χ1v) is 4.30. The molecule has 74 valence electrons. The third kappa shape index (κ3) is 22.7. The van der Waals surface area contributed by atoms with E-state index in [4.69, 9.17) is 0 Å². The summed E-state index contributed by atoms with van der Waals surface area (Å²) in [4.78, 5) is 9.60. The van der Waals surface area contributed by atoms with Crippen molar-refractivity contribution in [1.29, 1.82) is 0 Å². The Hall–Kier alpha value is -0.570. The number of hydrogen-bond acceptors (Lipinski definition) is 3. The first kappa shape index (κ1) is 14.0. The van der Waals surface area contributed by atoms with Crippen LogP contribution in [0.4, 0.5) is 0 Å². The van der Waals surface area contributed by atoms with Gasteiger partial charge in [0.25, 0.3) is 6.47 Å². The molecule has 0 atom stereocenters. The van der Waals surface area contributed by atoms with Crippen molar-refractivity contribution < 1.29 is 9.53 Å². The molecular weight excluding hydrogens is 154 g/mol. The van der Waals surface area contributed by atoms with Crippen molar-refractivity contribution in [2.45, 2.75) is 40.2 Å². The SMILES string of the molecule is CC(C)(C)OC=O.CCNCC. The van der Waals surface area contributed by atoms with Crippen LogP contribution in [0.1, 0.15) is 34.6 Å². The lowest BCUT2D eigenvalue weighted by Gasteiger charge is -2.14. The number of nitrogens with one attached hydrogen (secondary N) is 1. The highest BCUT2D eigenvalue weighted by atomic mass is 16.5. The zero-order chi connectivity index (χ0) is 10.0. The average molecular weight is 175 g/mol. The van der Waals surface area contributed by atoms with Crippen LogP contribution in [0.2, 0.25) is 0 Å². The highest BCUT2D eigenvalue weighted by Gasteiger charge is 2.07. The van der Waals surface area contributed by atoms with E-state index < -0.39 is 0 Å². The Bertz CT molecular complexity index is 95.2. The van der Waals surface area contributed by atoms with Crippen molar-refractivity contribution in [3.8, 4) is 0 Å². The fourth-order valence-electron chi connectivity index (χ4n) is 0.394. The summed E-state index contributed by atoms with van der Waals surface area (Å²) < 4.78 is 4.55. The summed E-state index contributed by atoms with van der Waals surface area (Å²) in [6, 6.07) is 0. The van der Waals surface area contributed by atoms with E-state index in [-0.39, 0.29) is 5.60 Å². The lowest BCUT2D eigenvalue weighted by Crippen LogP contribution is -2.17. The molecule has 0 saturated heterocycles. The number of rotatable bonds is 3. The fraction of sp³-hybridized carbons (Fsp3) is 0.889. The number of carbonyl (C=O) groups is 1. The van der Waals surface area contributed by atoms with E-state index >= 15 is 0 Å². The van der Waals surface area contributed by atoms with Gasteiger partial charge in [0.1, 0.15) is 5.60 Å². The maximum atomic E-state index is 9.60. The Morgan fingerprint density at radius 1 is 1.25 bits per heavy atom. The molecule has 12 heavy (non-hydrogen) atoms. The first-order valence-electron chi connectivity index (χ1n) is 4.30. The molecule has 0 aliphatic heterocycles. The van der Waals surface area contributed by atoms with E-state index in [2.05, 4.69) is 23.9 Å². The van der Waals surface area contributed by atoms with Gasteiger partial charge in [-0.25, -0.2) is 0 Å². The van der Waals surface area contributed by atoms with Crippen molar-refractivity contribution in [1.82, 2.24) is 5.32 Å². The summed E-state index contributed by atoms with van der Waals surface area (Å²) in [7, 11) is 0. The summed E-state index contributed by atoms with van der Waals surface area (Å²) in [5, 5.41) is 3.11. The second-order valence-corrected chi connectivity index (χ2v) is 3.28. The van der Waals surface area contributed by atoms with E-state index in [1.54, 1.807) is 0 Å². The van der Waals surface area contributed by atoms with Gasteiger partial charge in [-0.1, -0.05) is 13.8 Å². The Balaban J connectivity index is 0. The smallest absolute Gasteiger partial charge is 0.293 e. The summed E-state index contributed by atoms with van der Waals surface area (Å²) in [5.74, 6) is 0. The van der Waals surface area contributed by atoms with Gasteiger partial charge in [0.15, 0.2) is 0 Å². The van der Waals surface area contributed by atoms with Crippen LogP contribution in [0, 0.1) is 0 Å². The van der Waals surface area contributed by atoms with Gasteiger partial charge in [0, 0.05) is 0 Å². The van der Waals surface area contributed by atoms with Gasteiger partial charge >= 0.3 is 0 Å². The summed E-state index contributed by atoms with van der Waals surface area (Å²) >= 11 is 0. The second-order valence-electron chi connectivity index (χ2n) is 3.28. The zero-order valence-corrected chi connectivity index (χ0v) is 8.81. The van der Waals surface area contributed by atoms with Crippen molar-refractivity contribution in [3.05, 3.63) is 0 Å². The molecule has 3 nitrogen and oxygen atoms in total. The molecule has 0 aromatic rings. The van der Waals surface area contributed by atoms with E-state index in [1.807, 2.05) is 20.8 Å². The molecule has 0 saturated carbocycles. The van der Waals surface area contributed by atoms with E-state index in [0.29, 0.717) is 6.47 Å². The molecule has 0 aliphatic carbocycles. The zero-order valence-electron chi connectivity index (χ0n) is 8.81. The van der Waals surface area contributed by atoms with E-state index in [0.717, 1.165) is 13.1 Å². The van der Waals surface area contributed by atoms with Crippen LogP contribution >= 0.6 is 0 Å². The van der Waals surface area contributed by atoms with Crippen molar-refractivity contribution in [2.24, 2.45) is 0 Å². The molecule has 0 spiro atoms. The maximum Gasteiger partial charge on any atom is 0.293 e. The lowest BCUT2D eigenvalue weighted by molar-refractivity contribution is -0.138. The minimum atomic E-state index is -0.318. The molecule has 0 bridgehead atoms. The maximum absolute atomic E-state index is 9.60. The standard InChI is InChI=1S/C5H10O2.C4H11N/c1-5(2,3)7-4-6;1-3-5-4-2/h4H,1-3H3;5H,3-4H2,1-2H3. The fourth-order valence-corrected chi connectivity index (χ4v) is 0.394. The lowest BCUT2D eigenvalue weighted by atomic mass is 10.2. The normalized spacial score (nSPS) is 9.75. The Morgan fingerprint density at radius 3 is 1.67 bits per heavy atom. The molecule has 0 aromatic heterocycles. The molecule has 0 aromatic carbocycles. The number of carbonyl (C=O) groups excluding carboxylic acids is 1. The van der Waals surface area contributed by atoms with Crippen molar-refractivity contribution in [3.63, 3.8) is 0 Å². The molecule has 0 unspecified atom stereocenters. The third-order valence-electron chi connectivity index (χ3n) is 0.902. The van der Waals surface area contributed by atoms with Gasteiger partial charge in [-0.15, -0.1) is 0 Å². The quantitative estimate of drug-likeness (QED) is 0.662. The second kappa shape index (κ2) is 8.53. The molecule has 0 fully saturated rings. The minimum absolute atomic E-state index is 0.318. The number of hydrogen-bond donors (Lipinski definition) is 1. The third-order valence-corrected chi connectivity index (χ3v) is 0.902. The molecular formula is C9H21NO2. The van der Waals surface area contributed by atoms with Crippen molar-refractivity contribution in [2.75, 3.05) is 13.1 Å². The molecule has 3 heteroatoms. The topological polar surface area (TPSA) is 38.3 Å². The van der Waals surface area contributed by atoms with Crippen LogP contribution in [0.3, 0.4) is 0 Å². The van der Waals surface area contributed by atoms with Gasteiger partial charge in [0.2, 0.25) is 0 Å². The predicted molar refractivity (Wildman–Crippen MR) is 51.1 cm³/mol. The van der Waals surface area contributed by atoms with Crippen LogP contribution in [-0.4, -0.2) is 25.2 Å². The van der Waals surface area contributed by atoms with Crippen LogP contribution < -0.4 is 5.32 Å². The van der Waals surface area contributed by atoms with Gasteiger partial charge in [-0.05, 0) is 33.9 Å². The monoisotopic (exact) mass is 175 g/mol. The molecule has 0 amide bonds. The highest BCUT2D eigenvalue weighted by molar-refractivity contribution is 5.37. The molecule has 0 aliphatic rings. The molecule has 0 radical (unpaired) electrons. The average Bonchev–Trinajstić information content (AvgIpc) is 1.87. The van der Waals surface area contributed by atoms with Crippen LogP contribution in [-0.2, 0) is 9.53 Å². The minimum Gasteiger partial charge on any atom is -0.462 e. The van der Waals surface area contributed by atoms with E-state index in [9.17, 15) is 4.79 Å². The Morgan fingerprint density at radius 2 is 1.67 bits per heavy atom. The molecule has 1 N–H and O–H groups in total. The van der Waals surface area contributed by atoms with Crippen LogP contribution in [0.25, 0.3) is 0 Å². The Kier molecular flexibility index (Phi) is 9.93. The van der Waals surface area contributed by atoms with Gasteiger partial charge in [-0.2, -0.15) is 0 Å². The summed E-state index contributed by atoms with van der Waals surface area (Å²) in [5.41, 5.74) is -0.318. The van der Waals surface area contributed by atoms with Crippen LogP contribution in [0.15, 0.2) is 0 Å². The van der Waals surface area contributed by atoms with Gasteiger partial charge in [0.05, 0.1) is 0 Å². The van der Waals surface area contributed by atoms with E-state index in [1.165, 1.54) is 0 Å². The molecule has 0 heterocycles. The first-order chi connectivity index (χ1) is 5.47. The summed E-state index contributed by atoms with van der Waals surface area (Å²) in [6.07, 6.45) is 0. The predicted octanol–water partition coefficient (Wildman–Crippen LogP) is 1.57. The Labute approximate surface area is 75.5 Å². The summed E-state index contributed by atoms with van der Waals surface area (Å²) in [6.45, 7) is 12.3. The van der Waals surface area contributed by atoms with Crippen molar-refractivity contribution >= 4 is 6.47 Å². The number of ether oxygens (including phenoxy) is 1. The largest absolute Gasteiger partial charge is 0.462 e. The van der Waals surface area contributed by atoms with Crippen LogP contribution in [0.5, 0.6) is 0 Å².